The number of rotatable bonds is 9. The molecular weight excluding hydrogens is 638 g/mol. The molecule has 4 rings (SSSR count). The summed E-state index contributed by atoms with van der Waals surface area (Å²) < 4.78 is 17.1. The van der Waals surface area contributed by atoms with E-state index in [9.17, 15) is 19.2 Å². The first-order chi connectivity index (χ1) is 18.5. The number of methoxy groups -OCH3 is 1. The molecule has 11 heteroatoms. The van der Waals surface area contributed by atoms with Gasteiger partial charge >= 0.3 is 5.97 Å². The van der Waals surface area contributed by atoms with E-state index in [-0.39, 0.29) is 34.1 Å². The maximum atomic E-state index is 13.8. The average molecular weight is 661 g/mol. The number of carbonyl (C=O) groups is 4. The minimum absolute atomic E-state index is 0.0877. The molecule has 1 unspecified atom stereocenters. The second kappa shape index (κ2) is 11.6. The summed E-state index contributed by atoms with van der Waals surface area (Å²) in [5.74, 6) is -1.42. The van der Waals surface area contributed by atoms with E-state index in [2.05, 4.69) is 37.2 Å². The lowest BCUT2D eigenvalue weighted by atomic mass is 9.88. The highest BCUT2D eigenvalue weighted by Crippen LogP contribution is 2.38. The summed E-state index contributed by atoms with van der Waals surface area (Å²) in [5.41, 5.74) is 0.748. The van der Waals surface area contributed by atoms with Crippen LogP contribution >= 0.6 is 31.9 Å². The largest absolute Gasteiger partial charge is 0.497 e. The van der Waals surface area contributed by atoms with Crippen LogP contribution in [0.2, 0.25) is 0 Å². The third-order valence-electron chi connectivity index (χ3n) is 5.92. The fourth-order valence-corrected chi connectivity index (χ4v) is 5.49. The van der Waals surface area contributed by atoms with E-state index in [0.29, 0.717) is 26.0 Å². The number of carbonyl (C=O) groups excluding carboxylic acids is 3. The van der Waals surface area contributed by atoms with Gasteiger partial charge in [0.1, 0.15) is 29.1 Å². The summed E-state index contributed by atoms with van der Waals surface area (Å²) in [6.07, 6.45) is 3.10. The molecule has 1 aliphatic carbocycles. The predicted molar refractivity (Wildman–Crippen MR) is 149 cm³/mol. The van der Waals surface area contributed by atoms with Crippen molar-refractivity contribution in [1.29, 1.82) is 0 Å². The van der Waals surface area contributed by atoms with Gasteiger partial charge in [-0.1, -0.05) is 19.9 Å². The van der Waals surface area contributed by atoms with Gasteiger partial charge < -0.3 is 24.3 Å². The molecule has 3 aromatic rings. The first-order valence-corrected chi connectivity index (χ1v) is 13.3. The van der Waals surface area contributed by atoms with Gasteiger partial charge in [0.25, 0.3) is 5.91 Å². The maximum Gasteiger partial charge on any atom is 0.341 e. The van der Waals surface area contributed by atoms with Gasteiger partial charge in [-0.05, 0) is 74.3 Å². The Morgan fingerprint density at radius 3 is 2.28 bits per heavy atom. The van der Waals surface area contributed by atoms with Crippen molar-refractivity contribution < 1.29 is 38.2 Å². The molecule has 0 aliphatic heterocycles. The lowest BCUT2D eigenvalue weighted by Gasteiger charge is -2.18. The van der Waals surface area contributed by atoms with E-state index >= 15 is 0 Å². The molecule has 1 amide bonds. The minimum Gasteiger partial charge on any atom is -0.497 e. The van der Waals surface area contributed by atoms with Gasteiger partial charge in [0.15, 0.2) is 18.2 Å². The summed E-state index contributed by atoms with van der Waals surface area (Å²) in [4.78, 5) is 51.2. The van der Waals surface area contributed by atoms with Crippen molar-refractivity contribution in [2.45, 2.75) is 25.8 Å². The first kappa shape index (κ1) is 28.3. The quantitative estimate of drug-likeness (QED) is 0.282. The summed E-state index contributed by atoms with van der Waals surface area (Å²) in [5, 5.41) is 11.6. The molecule has 2 aromatic carbocycles. The average Bonchev–Trinajstić information content (AvgIpc) is 3.30. The number of ketones is 2. The first-order valence-electron chi connectivity index (χ1n) is 11.7. The van der Waals surface area contributed by atoms with Crippen LogP contribution in [-0.2, 0) is 4.79 Å². The van der Waals surface area contributed by atoms with E-state index in [1.807, 2.05) is 13.8 Å². The highest BCUT2D eigenvalue weighted by atomic mass is 79.9. The van der Waals surface area contributed by atoms with E-state index in [4.69, 9.17) is 19.0 Å². The van der Waals surface area contributed by atoms with Gasteiger partial charge in [-0.15, -0.1) is 0 Å². The highest BCUT2D eigenvalue weighted by molar-refractivity contribution is 9.11. The zero-order valence-electron chi connectivity index (χ0n) is 21.0. The third kappa shape index (κ3) is 5.84. The topological polar surface area (TPSA) is 132 Å². The monoisotopic (exact) mass is 659 g/mol. The van der Waals surface area contributed by atoms with E-state index in [1.54, 1.807) is 30.3 Å². The maximum absolute atomic E-state index is 13.8. The van der Waals surface area contributed by atoms with Crippen molar-refractivity contribution in [2.75, 3.05) is 13.7 Å². The lowest BCUT2D eigenvalue weighted by molar-refractivity contribution is -0.139. The van der Waals surface area contributed by atoms with Crippen LogP contribution in [0.1, 0.15) is 67.9 Å². The second-order valence-corrected chi connectivity index (χ2v) is 10.6. The molecule has 1 aliphatic rings. The van der Waals surface area contributed by atoms with Gasteiger partial charge in [-0.3, -0.25) is 14.4 Å². The standard InChI is InChI=1S/C28H23Br2NO8/c1-13(2)26-23(24(34)15-10-17(29)27(18(30)11-15)38-12-21(32)33)22-20(39-26)9-8-19(25(22)35)31-28(36)14-4-6-16(37-3)7-5-14/h4-11,13,19H,12H2,1-3H3,(H,31,36)(H,32,33). The molecule has 202 valence electrons. The smallest absolute Gasteiger partial charge is 0.341 e. The number of aliphatic carboxylic acids is 1. The SMILES string of the molecule is COc1ccc(C(=O)NC2C=Cc3oc(C(C)C)c(C(=O)c4cc(Br)c(OCC(=O)O)c(Br)c4)c3C2=O)cc1. The van der Waals surface area contributed by atoms with Gasteiger partial charge in [0.05, 0.1) is 27.2 Å². The molecule has 0 fully saturated rings. The van der Waals surface area contributed by atoms with Crippen LogP contribution in [0.4, 0.5) is 0 Å². The molecule has 0 radical (unpaired) electrons. The zero-order chi connectivity index (χ0) is 28.4. The van der Waals surface area contributed by atoms with Crippen LogP contribution in [0, 0.1) is 0 Å². The van der Waals surface area contributed by atoms with Gasteiger partial charge in [-0.25, -0.2) is 4.79 Å². The molecule has 2 N–H and O–H groups in total. The molecule has 0 saturated heterocycles. The fourth-order valence-electron chi connectivity index (χ4n) is 4.08. The Labute approximate surface area is 240 Å². The molecular formula is C28H23Br2NO8. The van der Waals surface area contributed by atoms with Crippen LogP contribution in [-0.4, -0.2) is 48.3 Å². The number of nitrogens with one attached hydrogen (secondary N) is 1. The Morgan fingerprint density at radius 2 is 1.72 bits per heavy atom. The lowest BCUT2D eigenvalue weighted by Crippen LogP contribution is -2.41. The Kier molecular flexibility index (Phi) is 8.41. The van der Waals surface area contributed by atoms with Crippen LogP contribution in [0.5, 0.6) is 11.5 Å². The number of hydrogen-bond donors (Lipinski definition) is 2. The number of furan rings is 1. The molecule has 9 nitrogen and oxygen atoms in total. The summed E-state index contributed by atoms with van der Waals surface area (Å²) in [6, 6.07) is 8.41. The van der Waals surface area contributed by atoms with E-state index in [1.165, 1.54) is 25.3 Å². The van der Waals surface area contributed by atoms with Gasteiger partial charge in [0.2, 0.25) is 0 Å². The highest BCUT2D eigenvalue weighted by Gasteiger charge is 2.36. The van der Waals surface area contributed by atoms with Crippen molar-refractivity contribution in [3.63, 3.8) is 0 Å². The number of ether oxygens (including phenoxy) is 2. The molecule has 1 aromatic heterocycles. The Bertz CT molecular complexity index is 1480. The molecule has 39 heavy (non-hydrogen) atoms. The van der Waals surface area contributed by atoms with Crippen molar-refractivity contribution in [1.82, 2.24) is 5.32 Å². The number of halogens is 2. The minimum atomic E-state index is -1.15. The molecule has 1 heterocycles. The predicted octanol–water partition coefficient (Wildman–Crippen LogP) is 5.64. The number of carboxylic acids is 1. The van der Waals surface area contributed by atoms with Crippen LogP contribution in [0.3, 0.4) is 0 Å². The summed E-state index contributed by atoms with van der Waals surface area (Å²) in [6.45, 7) is 3.11. The zero-order valence-corrected chi connectivity index (χ0v) is 24.2. The van der Waals surface area contributed by atoms with Gasteiger partial charge in [0, 0.05) is 17.0 Å². The number of amides is 1. The summed E-state index contributed by atoms with van der Waals surface area (Å²) in [7, 11) is 1.52. The molecule has 0 bridgehead atoms. The van der Waals surface area contributed by atoms with Crippen molar-refractivity contribution in [2.24, 2.45) is 0 Å². The van der Waals surface area contributed by atoms with Crippen LogP contribution < -0.4 is 14.8 Å². The van der Waals surface area contributed by atoms with E-state index < -0.39 is 36.1 Å². The second-order valence-electron chi connectivity index (χ2n) is 8.92. The normalized spacial score (nSPS) is 14.2. The van der Waals surface area contributed by atoms with Crippen molar-refractivity contribution in [3.8, 4) is 11.5 Å². The molecule has 0 saturated carbocycles. The Balaban J connectivity index is 1.68. The number of fused-ring (bicyclic) bond motifs is 1. The summed E-state index contributed by atoms with van der Waals surface area (Å²) >= 11 is 6.65. The Hall–Kier alpha value is -3.70. The van der Waals surface area contributed by atoms with Gasteiger partial charge in [-0.2, -0.15) is 0 Å². The number of hydrogen-bond acceptors (Lipinski definition) is 7. The van der Waals surface area contributed by atoms with Crippen molar-refractivity contribution >= 4 is 61.4 Å². The number of carboxylic acid groups (broad SMARTS) is 1. The Morgan fingerprint density at radius 1 is 1.08 bits per heavy atom. The third-order valence-corrected chi connectivity index (χ3v) is 7.10. The molecule has 0 spiro atoms. The fraction of sp³-hybridized carbons (Fsp3) is 0.214. The van der Waals surface area contributed by atoms with Crippen molar-refractivity contribution in [3.05, 3.63) is 85.2 Å². The van der Waals surface area contributed by atoms with E-state index in [0.717, 1.165) is 0 Å². The van der Waals surface area contributed by atoms with Crippen LogP contribution in [0.15, 0.2) is 55.8 Å². The number of Topliss-reactive ketones (excluding diaryl/α,β-unsaturated/α-hetero) is 1. The molecule has 1 atom stereocenters. The number of benzene rings is 2. The van der Waals surface area contributed by atoms with Crippen LogP contribution in [0.25, 0.3) is 6.08 Å².